The molecular weight excluding hydrogens is 294 g/mol. The number of benzene rings is 1. The summed E-state index contributed by atoms with van der Waals surface area (Å²) >= 11 is 1.57. The predicted molar refractivity (Wildman–Crippen MR) is 93.8 cm³/mol. The van der Waals surface area contributed by atoms with Crippen LogP contribution in [0.2, 0.25) is 0 Å². The van der Waals surface area contributed by atoms with Crippen LogP contribution in [0.4, 0.5) is 5.69 Å². The summed E-state index contributed by atoms with van der Waals surface area (Å²) in [6.45, 7) is 6.26. The van der Waals surface area contributed by atoms with Crippen LogP contribution in [-0.4, -0.2) is 25.2 Å². The molecule has 4 nitrogen and oxygen atoms in total. The van der Waals surface area contributed by atoms with Gasteiger partial charge in [0, 0.05) is 23.7 Å². The van der Waals surface area contributed by atoms with Gasteiger partial charge in [0.05, 0.1) is 12.6 Å². The number of carbonyl (C=O) groups is 1. The number of rotatable bonds is 7. The van der Waals surface area contributed by atoms with Gasteiger partial charge in [-0.15, -0.1) is 11.3 Å². The Bertz CT molecular complexity index is 601. The van der Waals surface area contributed by atoms with Crippen molar-refractivity contribution in [1.29, 1.82) is 0 Å². The van der Waals surface area contributed by atoms with E-state index in [1.807, 2.05) is 29.6 Å². The fourth-order valence-corrected chi connectivity index (χ4v) is 2.85. The van der Waals surface area contributed by atoms with Crippen LogP contribution in [0.5, 0.6) is 0 Å². The van der Waals surface area contributed by atoms with E-state index in [0.29, 0.717) is 6.42 Å². The molecule has 0 unspecified atom stereocenters. The Labute approximate surface area is 135 Å². The predicted octanol–water partition coefficient (Wildman–Crippen LogP) is 3.29. The van der Waals surface area contributed by atoms with E-state index in [2.05, 4.69) is 41.4 Å². The van der Waals surface area contributed by atoms with Crippen LogP contribution in [0, 0.1) is 0 Å². The molecular formula is C17H21N3OS. The van der Waals surface area contributed by atoms with Gasteiger partial charge in [0.15, 0.2) is 0 Å². The quantitative estimate of drug-likeness (QED) is 0.629. The topological polar surface area (TPSA) is 44.7 Å². The molecule has 0 saturated carbocycles. The molecule has 1 N–H and O–H groups in total. The molecule has 0 atom stereocenters. The first-order chi connectivity index (χ1) is 10.7. The summed E-state index contributed by atoms with van der Waals surface area (Å²) in [5.41, 5.74) is 4.72. The lowest BCUT2D eigenvalue weighted by Gasteiger charge is -2.20. The number of hydrazone groups is 1. The molecule has 0 radical (unpaired) electrons. The summed E-state index contributed by atoms with van der Waals surface area (Å²) in [5.74, 6) is -0.0986. The Balaban J connectivity index is 1.86. The van der Waals surface area contributed by atoms with E-state index in [9.17, 15) is 4.79 Å². The van der Waals surface area contributed by atoms with Crippen molar-refractivity contribution in [3.8, 4) is 0 Å². The summed E-state index contributed by atoms with van der Waals surface area (Å²) in [6, 6.07) is 12.0. The molecule has 0 spiro atoms. The molecule has 5 heteroatoms. The highest BCUT2D eigenvalue weighted by atomic mass is 32.1. The van der Waals surface area contributed by atoms with Crippen molar-refractivity contribution in [1.82, 2.24) is 5.43 Å². The molecule has 2 rings (SSSR count). The van der Waals surface area contributed by atoms with Crippen LogP contribution in [0.25, 0.3) is 0 Å². The van der Waals surface area contributed by atoms with Crippen molar-refractivity contribution in [3.05, 3.63) is 52.2 Å². The SMILES string of the molecule is CCN(CC)c1ccc(/C=N\NC(=O)Cc2cccs2)cc1. The van der Waals surface area contributed by atoms with Crippen molar-refractivity contribution in [2.45, 2.75) is 20.3 Å². The van der Waals surface area contributed by atoms with Crippen LogP contribution in [0.15, 0.2) is 46.9 Å². The minimum atomic E-state index is -0.0986. The van der Waals surface area contributed by atoms with Crippen molar-refractivity contribution >= 4 is 29.1 Å². The van der Waals surface area contributed by atoms with Crippen molar-refractivity contribution in [3.63, 3.8) is 0 Å². The number of thiophene rings is 1. The largest absolute Gasteiger partial charge is 0.372 e. The summed E-state index contributed by atoms with van der Waals surface area (Å²) in [7, 11) is 0. The standard InChI is InChI=1S/C17H21N3OS/c1-3-20(4-2)15-9-7-14(8-10-15)13-18-19-17(21)12-16-6-5-11-22-16/h5-11,13H,3-4,12H2,1-2H3,(H,19,21)/b18-13-. The van der Waals surface area contributed by atoms with E-state index >= 15 is 0 Å². The number of nitrogens with zero attached hydrogens (tertiary/aromatic N) is 2. The number of carbonyl (C=O) groups excluding carboxylic acids is 1. The second-order valence-corrected chi connectivity index (χ2v) is 5.85. The minimum absolute atomic E-state index is 0.0986. The lowest BCUT2D eigenvalue weighted by atomic mass is 10.2. The third-order valence-corrected chi connectivity index (χ3v) is 4.22. The molecule has 1 heterocycles. The van der Waals surface area contributed by atoms with Gasteiger partial charge in [0.1, 0.15) is 0 Å². The number of amides is 1. The maximum Gasteiger partial charge on any atom is 0.245 e. The van der Waals surface area contributed by atoms with Gasteiger partial charge in [0.2, 0.25) is 5.91 Å². The molecule has 0 fully saturated rings. The molecule has 0 saturated heterocycles. The van der Waals surface area contributed by atoms with E-state index < -0.39 is 0 Å². The molecule has 22 heavy (non-hydrogen) atoms. The monoisotopic (exact) mass is 315 g/mol. The van der Waals surface area contributed by atoms with Gasteiger partial charge in [-0.05, 0) is 43.0 Å². The first-order valence-corrected chi connectivity index (χ1v) is 8.30. The normalized spacial score (nSPS) is 10.8. The third-order valence-electron chi connectivity index (χ3n) is 3.34. The Morgan fingerprint density at radius 3 is 2.55 bits per heavy atom. The van der Waals surface area contributed by atoms with Gasteiger partial charge in [0.25, 0.3) is 0 Å². The smallest absolute Gasteiger partial charge is 0.245 e. The Hall–Kier alpha value is -2.14. The van der Waals surface area contributed by atoms with E-state index in [1.54, 1.807) is 17.6 Å². The van der Waals surface area contributed by atoms with Gasteiger partial charge in [-0.1, -0.05) is 18.2 Å². The van der Waals surface area contributed by atoms with Gasteiger partial charge >= 0.3 is 0 Å². The van der Waals surface area contributed by atoms with Gasteiger partial charge in [-0.25, -0.2) is 5.43 Å². The fraction of sp³-hybridized carbons (Fsp3) is 0.294. The summed E-state index contributed by atoms with van der Waals surface area (Å²) in [5, 5.41) is 5.97. The van der Waals surface area contributed by atoms with E-state index in [4.69, 9.17) is 0 Å². The maximum atomic E-state index is 11.7. The van der Waals surface area contributed by atoms with Gasteiger partial charge in [-0.3, -0.25) is 4.79 Å². The number of hydrogen-bond acceptors (Lipinski definition) is 4. The van der Waals surface area contributed by atoms with E-state index in [1.165, 1.54) is 5.69 Å². The Morgan fingerprint density at radius 2 is 1.95 bits per heavy atom. The van der Waals surface area contributed by atoms with Crippen LogP contribution >= 0.6 is 11.3 Å². The zero-order valence-corrected chi connectivity index (χ0v) is 13.8. The number of nitrogens with one attached hydrogen (secondary N) is 1. The van der Waals surface area contributed by atoms with Crippen molar-refractivity contribution < 1.29 is 4.79 Å². The van der Waals surface area contributed by atoms with Gasteiger partial charge < -0.3 is 4.90 Å². The second-order valence-electron chi connectivity index (χ2n) is 4.81. The molecule has 0 aliphatic heterocycles. The van der Waals surface area contributed by atoms with Crippen molar-refractivity contribution in [2.24, 2.45) is 5.10 Å². The van der Waals surface area contributed by atoms with Crippen LogP contribution in [0.3, 0.4) is 0 Å². The average Bonchev–Trinajstić information content (AvgIpc) is 3.03. The van der Waals surface area contributed by atoms with Crippen LogP contribution in [-0.2, 0) is 11.2 Å². The molecule has 0 aliphatic carbocycles. The molecule has 1 amide bonds. The number of anilines is 1. The first kappa shape index (κ1) is 16.2. The zero-order valence-electron chi connectivity index (χ0n) is 13.0. The van der Waals surface area contributed by atoms with Crippen LogP contribution in [0.1, 0.15) is 24.3 Å². The number of hydrogen-bond donors (Lipinski definition) is 1. The van der Waals surface area contributed by atoms with E-state index in [-0.39, 0.29) is 5.91 Å². The first-order valence-electron chi connectivity index (χ1n) is 7.42. The molecule has 1 aromatic heterocycles. The van der Waals surface area contributed by atoms with Crippen molar-refractivity contribution in [2.75, 3.05) is 18.0 Å². The molecule has 1 aromatic carbocycles. The van der Waals surface area contributed by atoms with Gasteiger partial charge in [-0.2, -0.15) is 5.10 Å². The van der Waals surface area contributed by atoms with Crippen LogP contribution < -0.4 is 10.3 Å². The molecule has 2 aromatic rings. The molecule has 116 valence electrons. The highest BCUT2D eigenvalue weighted by Gasteiger charge is 2.03. The summed E-state index contributed by atoms with van der Waals surface area (Å²) in [6.07, 6.45) is 2.04. The summed E-state index contributed by atoms with van der Waals surface area (Å²) < 4.78 is 0. The van der Waals surface area contributed by atoms with E-state index in [0.717, 1.165) is 23.5 Å². The zero-order chi connectivity index (χ0) is 15.8. The maximum absolute atomic E-state index is 11.7. The highest BCUT2D eigenvalue weighted by Crippen LogP contribution is 2.14. The fourth-order valence-electron chi connectivity index (χ4n) is 2.15. The third kappa shape index (κ3) is 4.70. The molecule has 0 bridgehead atoms. The summed E-state index contributed by atoms with van der Waals surface area (Å²) in [4.78, 5) is 15.0. The lowest BCUT2D eigenvalue weighted by Crippen LogP contribution is -2.21. The lowest BCUT2D eigenvalue weighted by molar-refractivity contribution is -0.120. The second kappa shape index (κ2) is 8.34. The average molecular weight is 315 g/mol. The minimum Gasteiger partial charge on any atom is -0.372 e. The Morgan fingerprint density at radius 1 is 1.23 bits per heavy atom. The molecule has 0 aliphatic rings. The highest BCUT2D eigenvalue weighted by molar-refractivity contribution is 7.10. The Kier molecular flexibility index (Phi) is 6.15.